The molecule has 5 nitrogen and oxygen atoms in total. The number of ether oxygens (including phenoxy) is 2. The lowest BCUT2D eigenvalue weighted by atomic mass is 9.98. The fraction of sp³-hybridized carbons (Fsp3) is 0.435. The topological polar surface area (TPSA) is 67.8 Å². The summed E-state index contributed by atoms with van der Waals surface area (Å²) in [7, 11) is 0. The summed E-state index contributed by atoms with van der Waals surface area (Å²) in [5.74, 6) is 0.309. The summed E-state index contributed by atoms with van der Waals surface area (Å²) in [5, 5.41) is 15.0. The molecule has 156 valence electrons. The number of rotatable bonds is 7. The summed E-state index contributed by atoms with van der Waals surface area (Å²) in [5.41, 5.74) is 2.03. The normalized spacial score (nSPS) is 18.3. The molecular weight excluding hydrogens is 390 g/mol. The molecule has 2 atom stereocenters. The number of halogens is 1. The number of carbonyl (C=O) groups excluding carboxylic acids is 1. The summed E-state index contributed by atoms with van der Waals surface area (Å²) >= 11 is 6.08. The van der Waals surface area contributed by atoms with Crippen LogP contribution in [0.1, 0.15) is 43.4 Å². The van der Waals surface area contributed by atoms with Crippen LogP contribution in [-0.4, -0.2) is 30.3 Å². The van der Waals surface area contributed by atoms with Gasteiger partial charge in [0, 0.05) is 11.1 Å². The zero-order valence-electron chi connectivity index (χ0n) is 16.9. The highest BCUT2D eigenvalue weighted by Crippen LogP contribution is 2.28. The fourth-order valence-corrected chi connectivity index (χ4v) is 3.96. The predicted octanol–water partition coefficient (Wildman–Crippen LogP) is 3.98. The van der Waals surface area contributed by atoms with Gasteiger partial charge in [0.05, 0.1) is 6.61 Å². The molecule has 0 heterocycles. The molecule has 2 aromatic rings. The Kier molecular flexibility index (Phi) is 7.17. The maximum absolute atomic E-state index is 11.5. The summed E-state index contributed by atoms with van der Waals surface area (Å²) < 4.78 is 10.5. The zero-order chi connectivity index (χ0) is 20.9. The van der Waals surface area contributed by atoms with E-state index < -0.39 is 5.72 Å². The number of nitrogens with one attached hydrogen (secondary N) is 1. The third-order valence-electron chi connectivity index (χ3n) is 5.18. The number of hydrogen-bond acceptors (Lipinski definition) is 5. The van der Waals surface area contributed by atoms with E-state index in [0.717, 1.165) is 31.2 Å². The van der Waals surface area contributed by atoms with Gasteiger partial charge in [-0.3, -0.25) is 5.32 Å². The van der Waals surface area contributed by atoms with Crippen LogP contribution in [0.3, 0.4) is 0 Å². The first-order valence-electron chi connectivity index (χ1n) is 10.0. The second kappa shape index (κ2) is 9.61. The lowest BCUT2D eigenvalue weighted by Gasteiger charge is -2.31. The molecule has 1 aliphatic rings. The Bertz CT molecular complexity index is 853. The van der Waals surface area contributed by atoms with Crippen LogP contribution in [0, 0.1) is 0 Å². The summed E-state index contributed by atoms with van der Waals surface area (Å²) in [6.07, 6.45) is 3.69. The van der Waals surface area contributed by atoms with E-state index in [9.17, 15) is 9.90 Å². The van der Waals surface area contributed by atoms with Crippen molar-refractivity contribution in [1.82, 2.24) is 5.32 Å². The van der Waals surface area contributed by atoms with E-state index in [-0.39, 0.29) is 18.6 Å². The van der Waals surface area contributed by atoms with Crippen molar-refractivity contribution in [3.63, 3.8) is 0 Å². The minimum absolute atomic E-state index is 0.0840. The number of aryl methyl sites for hydroxylation is 1. The van der Waals surface area contributed by atoms with Crippen LogP contribution in [0.15, 0.2) is 42.5 Å². The van der Waals surface area contributed by atoms with Crippen molar-refractivity contribution in [3.05, 3.63) is 64.2 Å². The largest absolute Gasteiger partial charge is 0.482 e. The van der Waals surface area contributed by atoms with E-state index in [1.54, 1.807) is 26.0 Å². The first-order valence-corrected chi connectivity index (χ1v) is 10.4. The second-order valence-corrected chi connectivity index (χ2v) is 7.98. The first kappa shape index (κ1) is 21.6. The van der Waals surface area contributed by atoms with Gasteiger partial charge in [-0.1, -0.05) is 29.8 Å². The van der Waals surface area contributed by atoms with E-state index in [1.165, 1.54) is 11.1 Å². The van der Waals surface area contributed by atoms with Crippen molar-refractivity contribution in [1.29, 1.82) is 0 Å². The molecule has 1 aliphatic carbocycles. The van der Waals surface area contributed by atoms with Gasteiger partial charge < -0.3 is 14.6 Å². The molecule has 2 unspecified atom stereocenters. The Morgan fingerprint density at radius 1 is 1.28 bits per heavy atom. The van der Waals surface area contributed by atoms with E-state index in [1.807, 2.05) is 30.3 Å². The monoisotopic (exact) mass is 417 g/mol. The van der Waals surface area contributed by atoms with Crippen molar-refractivity contribution in [2.45, 2.75) is 51.3 Å². The molecular formula is C23H28ClNO4. The highest BCUT2D eigenvalue weighted by atomic mass is 35.5. The number of hydrogen-bond donors (Lipinski definition) is 2. The van der Waals surface area contributed by atoms with Crippen LogP contribution < -0.4 is 10.1 Å². The third-order valence-corrected chi connectivity index (χ3v) is 5.41. The van der Waals surface area contributed by atoms with Gasteiger partial charge in [-0.25, -0.2) is 4.79 Å². The van der Waals surface area contributed by atoms with E-state index >= 15 is 0 Å². The van der Waals surface area contributed by atoms with Crippen molar-refractivity contribution in [3.8, 4) is 5.75 Å². The van der Waals surface area contributed by atoms with Gasteiger partial charge in [0.1, 0.15) is 11.5 Å². The Morgan fingerprint density at radius 3 is 2.86 bits per heavy atom. The molecule has 3 rings (SSSR count). The standard InChI is InChI=1S/C23H28ClNO4/c1-3-28-22(26)15-29-21-11-10-17-12-20(9-4-6-16(17)13-21)25-23(2,27)18-7-5-8-19(24)14-18/h5,7-8,10-11,13-14,20,25,27H,3-4,6,9,12,15H2,1-2H3. The molecule has 0 fully saturated rings. The van der Waals surface area contributed by atoms with Gasteiger partial charge in [0.2, 0.25) is 0 Å². The summed E-state index contributed by atoms with van der Waals surface area (Å²) in [4.78, 5) is 11.5. The van der Waals surface area contributed by atoms with Crippen molar-refractivity contribution in [2.75, 3.05) is 13.2 Å². The maximum Gasteiger partial charge on any atom is 0.344 e. The molecule has 0 amide bonds. The Labute approximate surface area is 177 Å². The van der Waals surface area contributed by atoms with Crippen LogP contribution in [0.5, 0.6) is 5.75 Å². The van der Waals surface area contributed by atoms with Crippen molar-refractivity contribution < 1.29 is 19.4 Å². The molecule has 0 saturated carbocycles. The van der Waals surface area contributed by atoms with E-state index in [0.29, 0.717) is 17.4 Å². The molecule has 6 heteroatoms. The lowest BCUT2D eigenvalue weighted by Crippen LogP contribution is -2.46. The quantitative estimate of drug-likeness (QED) is 0.405. The molecule has 2 N–H and O–H groups in total. The highest BCUT2D eigenvalue weighted by molar-refractivity contribution is 6.30. The molecule has 0 aromatic heterocycles. The smallest absolute Gasteiger partial charge is 0.344 e. The zero-order valence-corrected chi connectivity index (χ0v) is 17.7. The average molecular weight is 418 g/mol. The van der Waals surface area contributed by atoms with Crippen molar-refractivity contribution in [2.24, 2.45) is 0 Å². The Hall–Kier alpha value is -2.08. The first-order chi connectivity index (χ1) is 13.9. The van der Waals surface area contributed by atoms with Crippen molar-refractivity contribution >= 4 is 17.6 Å². The number of fused-ring (bicyclic) bond motifs is 1. The maximum atomic E-state index is 11.5. The summed E-state index contributed by atoms with van der Waals surface area (Å²) in [6, 6.07) is 13.4. The van der Waals surface area contributed by atoms with Crippen LogP contribution in [0.4, 0.5) is 0 Å². The molecule has 0 saturated heterocycles. The average Bonchev–Trinajstić information content (AvgIpc) is 2.87. The molecule has 0 spiro atoms. The summed E-state index contributed by atoms with van der Waals surface area (Å²) in [6.45, 7) is 3.80. The molecule has 2 aromatic carbocycles. The predicted molar refractivity (Wildman–Crippen MR) is 113 cm³/mol. The molecule has 0 aliphatic heterocycles. The molecule has 0 bridgehead atoms. The van der Waals surface area contributed by atoms with Crippen LogP contribution in [0.2, 0.25) is 5.02 Å². The lowest BCUT2D eigenvalue weighted by molar-refractivity contribution is -0.145. The number of benzene rings is 2. The SMILES string of the molecule is CCOC(=O)COc1ccc2c(c1)CCCC(NC(C)(O)c1cccc(Cl)c1)C2. The van der Waals surface area contributed by atoms with Gasteiger partial charge in [-0.15, -0.1) is 0 Å². The fourth-order valence-electron chi connectivity index (χ4n) is 3.77. The second-order valence-electron chi connectivity index (χ2n) is 7.54. The minimum atomic E-state index is -1.16. The highest BCUT2D eigenvalue weighted by Gasteiger charge is 2.28. The van der Waals surface area contributed by atoms with Crippen LogP contribution >= 0.6 is 11.6 Å². The van der Waals surface area contributed by atoms with Gasteiger partial charge in [0.25, 0.3) is 0 Å². The minimum Gasteiger partial charge on any atom is -0.482 e. The third kappa shape index (κ3) is 5.95. The van der Waals surface area contributed by atoms with Crippen LogP contribution in [-0.2, 0) is 28.1 Å². The van der Waals surface area contributed by atoms with Gasteiger partial charge in [-0.05, 0) is 80.5 Å². The molecule has 0 radical (unpaired) electrons. The van der Waals surface area contributed by atoms with E-state index in [2.05, 4.69) is 5.32 Å². The van der Waals surface area contributed by atoms with Gasteiger partial charge >= 0.3 is 5.97 Å². The van der Waals surface area contributed by atoms with Gasteiger partial charge in [0.15, 0.2) is 6.61 Å². The van der Waals surface area contributed by atoms with Gasteiger partial charge in [-0.2, -0.15) is 0 Å². The van der Waals surface area contributed by atoms with E-state index in [4.69, 9.17) is 21.1 Å². The van der Waals surface area contributed by atoms with Crippen LogP contribution in [0.25, 0.3) is 0 Å². The molecule has 29 heavy (non-hydrogen) atoms. The Balaban J connectivity index is 1.67. The number of esters is 1. The number of carbonyl (C=O) groups is 1. The number of aliphatic hydroxyl groups is 1. The Morgan fingerprint density at radius 2 is 2.10 bits per heavy atom.